The average Bonchev–Trinajstić information content (AvgIpc) is 2.14. The Balaban J connectivity index is 3.44. The summed E-state index contributed by atoms with van der Waals surface area (Å²) in [4.78, 5) is 21.4. The predicted molar refractivity (Wildman–Crippen MR) is 51.4 cm³/mol. The maximum Gasteiger partial charge on any atom is 0.247 e. The van der Waals surface area contributed by atoms with Gasteiger partial charge in [0.25, 0.3) is 0 Å². The number of hydrogen-bond donors (Lipinski definition) is 4. The van der Waals surface area contributed by atoms with Gasteiger partial charge >= 0.3 is 0 Å². The van der Waals surface area contributed by atoms with Gasteiger partial charge in [0.1, 0.15) is 6.10 Å². The minimum atomic E-state index is -1.24. The molecule has 0 rings (SSSR count). The highest BCUT2D eigenvalue weighted by Gasteiger charge is 2.10. The summed E-state index contributed by atoms with van der Waals surface area (Å²) in [6.07, 6.45) is -0.371. The van der Waals surface area contributed by atoms with Gasteiger partial charge < -0.3 is 21.5 Å². The fourth-order valence-corrected chi connectivity index (χ4v) is 0.750. The highest BCUT2D eigenvalue weighted by Crippen LogP contribution is 1.77. The number of aliphatic hydroxyl groups is 1. The van der Waals surface area contributed by atoms with Gasteiger partial charge in [0.05, 0.1) is 6.54 Å². The van der Waals surface area contributed by atoms with Gasteiger partial charge in [0, 0.05) is 13.1 Å². The molecule has 0 aromatic heterocycles. The Bertz CT molecular complexity index is 196. The second-order valence-electron chi connectivity index (χ2n) is 2.90. The van der Waals surface area contributed by atoms with Crippen molar-refractivity contribution in [1.29, 1.82) is 0 Å². The zero-order valence-corrected chi connectivity index (χ0v) is 8.25. The molecule has 0 saturated carbocycles. The molecule has 0 aromatic rings. The molecule has 0 aromatic carbocycles. The molecule has 6 nitrogen and oxygen atoms in total. The van der Waals surface area contributed by atoms with Crippen molar-refractivity contribution < 1.29 is 14.7 Å². The molecule has 0 aliphatic carbocycles. The van der Waals surface area contributed by atoms with E-state index in [4.69, 9.17) is 10.8 Å². The lowest BCUT2D eigenvalue weighted by atomic mass is 10.3. The van der Waals surface area contributed by atoms with Gasteiger partial charge in [0.2, 0.25) is 11.8 Å². The second-order valence-corrected chi connectivity index (χ2v) is 2.90. The zero-order chi connectivity index (χ0) is 11.0. The van der Waals surface area contributed by atoms with E-state index in [2.05, 4.69) is 10.6 Å². The molecule has 0 bridgehead atoms. The molecule has 0 aliphatic heterocycles. The van der Waals surface area contributed by atoms with E-state index in [0.29, 0.717) is 6.54 Å². The van der Waals surface area contributed by atoms with Crippen molar-refractivity contribution in [3.05, 3.63) is 0 Å². The maximum absolute atomic E-state index is 11.0. The molecule has 0 saturated heterocycles. The van der Waals surface area contributed by atoms with Crippen LogP contribution in [0.4, 0.5) is 0 Å². The summed E-state index contributed by atoms with van der Waals surface area (Å²) in [5, 5.41) is 14.2. The van der Waals surface area contributed by atoms with Crippen molar-refractivity contribution in [2.75, 3.05) is 19.6 Å². The number of nitrogens with one attached hydrogen (secondary N) is 2. The predicted octanol–water partition coefficient (Wildman–Crippen LogP) is -2.05. The first-order chi connectivity index (χ1) is 6.57. The van der Waals surface area contributed by atoms with Gasteiger partial charge in [-0.25, -0.2) is 0 Å². The summed E-state index contributed by atoms with van der Waals surface area (Å²) in [6.45, 7) is 2.64. The van der Waals surface area contributed by atoms with Crippen molar-refractivity contribution >= 4 is 11.8 Å². The van der Waals surface area contributed by atoms with Gasteiger partial charge in [-0.1, -0.05) is 6.92 Å². The standard InChI is InChI=1S/C8H17N3O3/c1-2-3-11-7(13)5-10-4-6(12)8(9)14/h6,10,12H,2-5H2,1H3,(H2,9,14)(H,11,13). The first-order valence-electron chi connectivity index (χ1n) is 4.52. The largest absolute Gasteiger partial charge is 0.382 e. The normalized spacial score (nSPS) is 12.1. The molecular weight excluding hydrogens is 186 g/mol. The van der Waals surface area contributed by atoms with Crippen molar-refractivity contribution in [3.8, 4) is 0 Å². The number of carbonyl (C=O) groups is 2. The summed E-state index contributed by atoms with van der Waals surface area (Å²) in [5.41, 5.74) is 4.80. The summed E-state index contributed by atoms with van der Waals surface area (Å²) in [6, 6.07) is 0. The SMILES string of the molecule is CCCNC(=O)CNCC(O)C(N)=O. The summed E-state index contributed by atoms with van der Waals surface area (Å²) < 4.78 is 0. The van der Waals surface area contributed by atoms with E-state index < -0.39 is 12.0 Å². The van der Waals surface area contributed by atoms with Crippen LogP contribution >= 0.6 is 0 Å². The van der Waals surface area contributed by atoms with Crippen molar-refractivity contribution in [2.24, 2.45) is 5.73 Å². The van der Waals surface area contributed by atoms with Crippen LogP contribution in [-0.4, -0.2) is 42.7 Å². The Labute approximate surface area is 82.9 Å². The molecule has 1 atom stereocenters. The molecule has 1 unspecified atom stereocenters. The van der Waals surface area contributed by atoms with E-state index in [1.54, 1.807) is 0 Å². The van der Waals surface area contributed by atoms with Crippen LogP contribution < -0.4 is 16.4 Å². The highest BCUT2D eigenvalue weighted by molar-refractivity contribution is 5.79. The number of rotatable bonds is 7. The third kappa shape index (κ3) is 6.38. The molecule has 0 spiro atoms. The number of carbonyl (C=O) groups excluding carboxylic acids is 2. The van der Waals surface area contributed by atoms with E-state index in [9.17, 15) is 9.59 Å². The lowest BCUT2D eigenvalue weighted by molar-refractivity contribution is -0.126. The van der Waals surface area contributed by atoms with E-state index in [1.165, 1.54) is 0 Å². The molecule has 14 heavy (non-hydrogen) atoms. The molecule has 5 N–H and O–H groups in total. The Hall–Kier alpha value is -1.14. The Kier molecular flexibility index (Phi) is 6.69. The van der Waals surface area contributed by atoms with Gasteiger partial charge in [0.15, 0.2) is 0 Å². The smallest absolute Gasteiger partial charge is 0.247 e. The number of nitrogens with two attached hydrogens (primary N) is 1. The van der Waals surface area contributed by atoms with Crippen LogP contribution in [0.1, 0.15) is 13.3 Å². The Morgan fingerprint density at radius 2 is 2.14 bits per heavy atom. The monoisotopic (exact) mass is 203 g/mol. The van der Waals surface area contributed by atoms with Gasteiger partial charge in [-0.3, -0.25) is 9.59 Å². The molecule has 0 heterocycles. The third-order valence-corrected chi connectivity index (χ3v) is 1.52. The molecule has 6 heteroatoms. The van der Waals surface area contributed by atoms with E-state index >= 15 is 0 Å². The van der Waals surface area contributed by atoms with Crippen LogP contribution in [0, 0.1) is 0 Å². The molecular formula is C8H17N3O3. The van der Waals surface area contributed by atoms with Gasteiger partial charge in [-0.05, 0) is 6.42 Å². The van der Waals surface area contributed by atoms with Crippen LogP contribution in [0.25, 0.3) is 0 Å². The average molecular weight is 203 g/mol. The maximum atomic E-state index is 11.0. The molecule has 0 aliphatic rings. The van der Waals surface area contributed by atoms with E-state index in [0.717, 1.165) is 6.42 Å². The van der Waals surface area contributed by atoms with Crippen molar-refractivity contribution in [1.82, 2.24) is 10.6 Å². The fraction of sp³-hybridized carbons (Fsp3) is 0.750. The number of hydrogen-bond acceptors (Lipinski definition) is 4. The van der Waals surface area contributed by atoms with Crippen LogP contribution in [0.2, 0.25) is 0 Å². The number of primary amides is 1. The van der Waals surface area contributed by atoms with Gasteiger partial charge in [-0.2, -0.15) is 0 Å². The molecule has 82 valence electrons. The number of aliphatic hydroxyl groups excluding tert-OH is 1. The fourth-order valence-electron chi connectivity index (χ4n) is 0.750. The van der Waals surface area contributed by atoms with E-state index in [-0.39, 0.29) is 19.0 Å². The zero-order valence-electron chi connectivity index (χ0n) is 8.25. The molecule has 0 fully saturated rings. The van der Waals surface area contributed by atoms with Crippen LogP contribution in [-0.2, 0) is 9.59 Å². The topological polar surface area (TPSA) is 104 Å². The van der Waals surface area contributed by atoms with Crippen LogP contribution in [0.15, 0.2) is 0 Å². The summed E-state index contributed by atoms with van der Waals surface area (Å²) in [7, 11) is 0. The van der Waals surface area contributed by atoms with Gasteiger partial charge in [-0.15, -0.1) is 0 Å². The highest BCUT2D eigenvalue weighted by atomic mass is 16.3. The minimum absolute atomic E-state index is 0.00508. The third-order valence-electron chi connectivity index (χ3n) is 1.52. The minimum Gasteiger partial charge on any atom is -0.382 e. The lowest BCUT2D eigenvalue weighted by Gasteiger charge is -2.08. The molecule has 2 amide bonds. The first kappa shape index (κ1) is 12.9. The van der Waals surface area contributed by atoms with E-state index in [1.807, 2.05) is 6.92 Å². The van der Waals surface area contributed by atoms with Crippen LogP contribution in [0.3, 0.4) is 0 Å². The van der Waals surface area contributed by atoms with Crippen LogP contribution in [0.5, 0.6) is 0 Å². The summed E-state index contributed by atoms with van der Waals surface area (Å²) in [5.74, 6) is -0.963. The Morgan fingerprint density at radius 3 is 2.64 bits per heavy atom. The number of amides is 2. The Morgan fingerprint density at radius 1 is 1.50 bits per heavy atom. The van der Waals surface area contributed by atoms with Crippen molar-refractivity contribution in [2.45, 2.75) is 19.4 Å². The lowest BCUT2D eigenvalue weighted by Crippen LogP contribution is -2.41. The molecule has 0 radical (unpaired) electrons. The van der Waals surface area contributed by atoms with Crippen molar-refractivity contribution in [3.63, 3.8) is 0 Å². The summed E-state index contributed by atoms with van der Waals surface area (Å²) >= 11 is 0. The second kappa shape index (κ2) is 7.28. The first-order valence-corrected chi connectivity index (χ1v) is 4.52. The quantitative estimate of drug-likeness (QED) is 0.382.